The lowest BCUT2D eigenvalue weighted by molar-refractivity contribution is -0.140. The largest absolute Gasteiger partial charge is 0.493 e. The van der Waals surface area contributed by atoms with E-state index < -0.39 is 30.3 Å². The predicted molar refractivity (Wildman–Crippen MR) is 130 cm³/mol. The predicted octanol–water partition coefficient (Wildman–Crippen LogP) is 3.20. The van der Waals surface area contributed by atoms with Crippen LogP contribution in [0.5, 0.6) is 17.2 Å². The molecule has 190 valence electrons. The first kappa shape index (κ1) is 25.0. The molecule has 1 N–H and O–H groups in total. The lowest BCUT2D eigenvalue weighted by Gasteiger charge is -2.27. The third-order valence-electron chi connectivity index (χ3n) is 5.76. The first-order valence-corrected chi connectivity index (χ1v) is 12.0. The molecule has 1 saturated heterocycles. The Labute approximate surface area is 209 Å². The van der Waals surface area contributed by atoms with Gasteiger partial charge >= 0.3 is 17.8 Å². The van der Waals surface area contributed by atoms with Crippen LogP contribution in [0.2, 0.25) is 0 Å². The van der Waals surface area contributed by atoms with E-state index in [1.54, 1.807) is 6.07 Å². The van der Waals surface area contributed by atoms with Crippen LogP contribution >= 0.6 is 0 Å². The van der Waals surface area contributed by atoms with Crippen molar-refractivity contribution < 1.29 is 33.4 Å². The summed E-state index contributed by atoms with van der Waals surface area (Å²) in [6.07, 6.45) is 2.09. The maximum Gasteiger partial charge on any atom is 0.339 e. The molecule has 2 aromatic carbocycles. The fourth-order valence-electron chi connectivity index (χ4n) is 4.04. The smallest absolute Gasteiger partial charge is 0.339 e. The van der Waals surface area contributed by atoms with Crippen LogP contribution < -0.4 is 24.4 Å². The number of amides is 5. The van der Waals surface area contributed by atoms with E-state index >= 15 is 0 Å². The average molecular weight is 496 g/mol. The zero-order valence-electron chi connectivity index (χ0n) is 20.3. The molecule has 5 amide bonds. The lowest BCUT2D eigenvalue weighted by atomic mass is 10.0. The minimum atomic E-state index is -1.06. The molecule has 10 nitrogen and oxygen atoms in total. The monoisotopic (exact) mass is 495 g/mol. The fourth-order valence-corrected chi connectivity index (χ4v) is 4.04. The quantitative estimate of drug-likeness (QED) is 0.398. The Bertz CT molecular complexity index is 1170. The van der Waals surface area contributed by atoms with Crippen molar-refractivity contribution >= 4 is 29.4 Å². The fraction of sp³-hybridized carbons (Fsp3) is 0.385. The van der Waals surface area contributed by atoms with Gasteiger partial charge in [-0.25, -0.2) is 14.6 Å². The average Bonchev–Trinajstić information content (AvgIpc) is 3.09. The highest BCUT2D eigenvalue weighted by Gasteiger charge is 2.46. The van der Waals surface area contributed by atoms with Crippen LogP contribution in [0.3, 0.4) is 0 Å². The molecule has 0 aliphatic carbocycles. The Balaban J connectivity index is 1.49. The number of urea groups is 1. The molecule has 1 unspecified atom stereocenters. The number of carbonyl (C=O) groups is 4. The first-order valence-electron chi connectivity index (χ1n) is 12.0. The van der Waals surface area contributed by atoms with Gasteiger partial charge in [0.05, 0.1) is 31.5 Å². The van der Waals surface area contributed by atoms with Gasteiger partial charge in [0.1, 0.15) is 12.3 Å². The van der Waals surface area contributed by atoms with E-state index in [9.17, 15) is 19.2 Å². The van der Waals surface area contributed by atoms with Crippen molar-refractivity contribution in [1.82, 2.24) is 10.2 Å². The molecule has 2 heterocycles. The number of fused-ring (bicyclic) bond motifs is 1. The number of hydrogen-bond donors (Lipinski definition) is 1. The minimum Gasteiger partial charge on any atom is -0.493 e. The molecule has 0 aromatic heterocycles. The molecule has 36 heavy (non-hydrogen) atoms. The van der Waals surface area contributed by atoms with E-state index in [-0.39, 0.29) is 11.7 Å². The Morgan fingerprint density at radius 2 is 1.72 bits per heavy atom. The van der Waals surface area contributed by atoms with Gasteiger partial charge < -0.3 is 19.5 Å². The van der Waals surface area contributed by atoms with Crippen LogP contribution in [-0.4, -0.2) is 55.0 Å². The van der Waals surface area contributed by atoms with Crippen molar-refractivity contribution in [2.45, 2.75) is 39.2 Å². The molecule has 1 fully saturated rings. The van der Waals surface area contributed by atoms with Gasteiger partial charge in [0.15, 0.2) is 11.5 Å². The normalized spacial score (nSPS) is 17.1. The number of nitrogens with one attached hydrogen (secondary N) is 1. The first-order chi connectivity index (χ1) is 17.4. The van der Waals surface area contributed by atoms with Crippen molar-refractivity contribution in [3.8, 4) is 17.2 Å². The standard InChI is InChI=1S/C26H29N3O7/c1-3-12-34-21-10-9-17(15-22(21)35-13-4-2)29-25(32)24(31)28(26(29)33)16-23(30)27-19-11-14-36-20-8-6-5-7-18(19)20/h5-10,15,19H,3-4,11-14,16H2,1-2H3,(H,27,30). The van der Waals surface area contributed by atoms with Gasteiger partial charge in [-0.2, -0.15) is 0 Å². The van der Waals surface area contributed by atoms with Crippen molar-refractivity contribution in [2.75, 3.05) is 31.3 Å². The van der Waals surface area contributed by atoms with Crippen LogP contribution in [-0.2, 0) is 14.4 Å². The molecule has 4 rings (SSSR count). The van der Waals surface area contributed by atoms with Crippen LogP contribution in [0.4, 0.5) is 10.5 Å². The van der Waals surface area contributed by atoms with Crippen molar-refractivity contribution in [2.24, 2.45) is 0 Å². The summed E-state index contributed by atoms with van der Waals surface area (Å²) in [5, 5.41) is 2.84. The van der Waals surface area contributed by atoms with Crippen LogP contribution in [0.15, 0.2) is 42.5 Å². The van der Waals surface area contributed by atoms with Gasteiger partial charge in [0.25, 0.3) is 0 Å². The molecule has 2 aliphatic heterocycles. The maximum absolute atomic E-state index is 13.1. The Hall–Kier alpha value is -4.08. The van der Waals surface area contributed by atoms with Gasteiger partial charge in [-0.05, 0) is 31.0 Å². The van der Waals surface area contributed by atoms with E-state index in [1.165, 1.54) is 12.1 Å². The van der Waals surface area contributed by atoms with Crippen LogP contribution in [0.25, 0.3) is 0 Å². The number of nitrogens with zero attached hydrogens (tertiary/aromatic N) is 2. The van der Waals surface area contributed by atoms with E-state index in [4.69, 9.17) is 14.2 Å². The molecule has 2 aliphatic rings. The highest BCUT2D eigenvalue weighted by molar-refractivity contribution is 6.53. The second-order valence-corrected chi connectivity index (χ2v) is 8.44. The van der Waals surface area contributed by atoms with Crippen molar-refractivity contribution in [3.05, 3.63) is 48.0 Å². The summed E-state index contributed by atoms with van der Waals surface area (Å²) in [5.41, 5.74) is 0.980. The molecule has 10 heteroatoms. The summed E-state index contributed by atoms with van der Waals surface area (Å²) in [5.74, 6) is -1.13. The minimum absolute atomic E-state index is 0.162. The zero-order valence-corrected chi connectivity index (χ0v) is 20.3. The van der Waals surface area contributed by atoms with Crippen molar-refractivity contribution in [3.63, 3.8) is 0 Å². The number of benzene rings is 2. The number of anilines is 1. The highest BCUT2D eigenvalue weighted by Crippen LogP contribution is 2.35. The van der Waals surface area contributed by atoms with Gasteiger partial charge in [-0.3, -0.25) is 14.4 Å². The molecular formula is C26H29N3O7. The van der Waals surface area contributed by atoms with E-state index in [1.807, 2.05) is 38.1 Å². The van der Waals surface area contributed by atoms with E-state index in [2.05, 4.69) is 5.32 Å². The van der Waals surface area contributed by atoms with Gasteiger partial charge in [-0.15, -0.1) is 0 Å². The third-order valence-corrected chi connectivity index (χ3v) is 5.76. The third kappa shape index (κ3) is 5.12. The number of ether oxygens (including phenoxy) is 3. The summed E-state index contributed by atoms with van der Waals surface area (Å²) >= 11 is 0. The molecule has 0 radical (unpaired) electrons. The molecule has 2 aromatic rings. The Morgan fingerprint density at radius 3 is 2.47 bits per heavy atom. The van der Waals surface area contributed by atoms with E-state index in [0.29, 0.717) is 48.4 Å². The number of hydrogen-bond acceptors (Lipinski definition) is 7. The van der Waals surface area contributed by atoms with Gasteiger partial charge in [-0.1, -0.05) is 32.0 Å². The maximum atomic E-state index is 13.1. The summed E-state index contributed by atoms with van der Waals surface area (Å²) in [4.78, 5) is 52.6. The summed E-state index contributed by atoms with van der Waals surface area (Å²) in [7, 11) is 0. The summed E-state index contributed by atoms with van der Waals surface area (Å²) in [6.45, 7) is 4.66. The number of rotatable bonds is 10. The van der Waals surface area contributed by atoms with Crippen molar-refractivity contribution in [1.29, 1.82) is 0 Å². The van der Waals surface area contributed by atoms with Crippen LogP contribution in [0.1, 0.15) is 44.7 Å². The van der Waals surface area contributed by atoms with Gasteiger partial charge in [0, 0.05) is 18.1 Å². The second kappa shape index (κ2) is 11.1. The lowest BCUT2D eigenvalue weighted by Crippen LogP contribution is -2.43. The molecule has 1 atom stereocenters. The topological polar surface area (TPSA) is 114 Å². The summed E-state index contributed by atoms with van der Waals surface area (Å²) < 4.78 is 17.0. The number of imide groups is 2. The molecule has 0 spiro atoms. The molecule has 0 bridgehead atoms. The zero-order chi connectivity index (χ0) is 25.7. The SMILES string of the molecule is CCCOc1ccc(N2C(=O)C(=O)N(CC(=O)NC3CCOc4ccccc43)C2=O)cc1OCCC. The molecular weight excluding hydrogens is 466 g/mol. The highest BCUT2D eigenvalue weighted by atomic mass is 16.5. The second-order valence-electron chi connectivity index (χ2n) is 8.44. The Morgan fingerprint density at radius 1 is 1.00 bits per heavy atom. The van der Waals surface area contributed by atoms with Gasteiger partial charge in [0.2, 0.25) is 5.91 Å². The Kier molecular flexibility index (Phi) is 7.72. The summed E-state index contributed by atoms with van der Waals surface area (Å²) in [6, 6.07) is 10.7. The number of para-hydroxylation sites is 1. The van der Waals surface area contributed by atoms with E-state index in [0.717, 1.165) is 23.3 Å². The molecule has 0 saturated carbocycles. The number of carbonyl (C=O) groups excluding carboxylic acids is 4. The van der Waals surface area contributed by atoms with Crippen LogP contribution in [0, 0.1) is 0 Å².